The Hall–Kier alpha value is -6.85. The van der Waals surface area contributed by atoms with Crippen LogP contribution in [0.15, 0.2) is 29.3 Å². The number of hydrogen-bond acceptors (Lipinski definition) is 12. The van der Waals surface area contributed by atoms with Crippen LogP contribution in [0, 0.1) is 29.1 Å². The Kier molecular flexibility index (Phi) is 29.8. The number of amidine groups is 1. The van der Waals surface area contributed by atoms with Gasteiger partial charge in [0.2, 0.25) is 53.2 Å². The number of nitrogens with two attached hydrogens (primary N) is 5. The molecule has 0 saturated heterocycles. The van der Waals surface area contributed by atoms with Gasteiger partial charge in [0.05, 0.1) is 0 Å². The van der Waals surface area contributed by atoms with Gasteiger partial charge >= 0.3 is 0 Å². The SMILES string of the molecule is CC(=O)N[C@@H](CC(C)C)C(=O)N[C@@H](CC(C)C)C(=O)N[C@@H](CC(C)C)C(=O)N[C@@H](CCC(N)=O)C(=O)N[C@@H](CCCN=C(N)N)C(=O)N[C@H](C(=O)N[C@@H](CCCCN)C(=O)NCc1ccc(C(=N)N)cc1)C(C)C. The van der Waals surface area contributed by atoms with E-state index in [9.17, 15) is 43.2 Å². The molecular formula is C50H87N15O9. The summed E-state index contributed by atoms with van der Waals surface area (Å²) in [6.45, 7) is 16.3. The van der Waals surface area contributed by atoms with Crippen molar-refractivity contribution < 1.29 is 43.2 Å². The minimum absolute atomic E-state index is 0.0283. The number of amides is 9. The Morgan fingerprint density at radius 1 is 0.527 bits per heavy atom. The van der Waals surface area contributed by atoms with Crippen molar-refractivity contribution in [2.24, 2.45) is 57.3 Å². The predicted octanol–water partition coefficient (Wildman–Crippen LogP) is -0.757. The summed E-state index contributed by atoms with van der Waals surface area (Å²) in [5, 5.41) is 29.3. The number of primary amides is 1. The van der Waals surface area contributed by atoms with Crippen molar-refractivity contribution in [1.29, 1.82) is 5.41 Å². The fraction of sp³-hybridized carbons (Fsp3) is 0.660. The van der Waals surface area contributed by atoms with Gasteiger partial charge < -0.3 is 71.2 Å². The number of nitrogen functional groups attached to an aromatic ring is 1. The van der Waals surface area contributed by atoms with Crippen LogP contribution in [0.5, 0.6) is 0 Å². The number of nitrogens with zero attached hydrogens (tertiary/aromatic N) is 1. The van der Waals surface area contributed by atoms with Gasteiger partial charge in [0.1, 0.15) is 48.1 Å². The maximum atomic E-state index is 14.3. The molecule has 1 rings (SSSR count). The summed E-state index contributed by atoms with van der Waals surface area (Å²) in [4.78, 5) is 126. The van der Waals surface area contributed by atoms with E-state index in [4.69, 9.17) is 34.1 Å². The molecule has 19 N–H and O–H groups in total. The molecule has 1 aromatic carbocycles. The van der Waals surface area contributed by atoms with Gasteiger partial charge in [-0.1, -0.05) is 79.7 Å². The van der Waals surface area contributed by atoms with E-state index in [1.807, 2.05) is 41.5 Å². The number of benzene rings is 1. The van der Waals surface area contributed by atoms with E-state index < -0.39 is 101 Å². The molecule has 0 saturated carbocycles. The standard InChI is InChI=1S/C50H87N15O9/c1-27(2)23-37(59-31(9)66)46(71)63-39(25-29(5)6)48(73)64-38(24-28(3)4)47(72)61-36(19-20-40(52)67)44(69)60-35(14-12-22-57-50(55)56)45(70)65-41(30(7)8)49(74)62-34(13-10-11-21-51)43(68)58-26-32-15-17-33(18-16-32)42(53)54/h15-18,27-30,34-39,41H,10-14,19-26,51H2,1-9H3,(H2,52,67)(H3,53,54)(H,58,68)(H,59,66)(H,60,69)(H,61,72)(H,62,74)(H,63,71)(H,64,73)(H,65,70)(H4,55,56,57)/t34-,35-,36-,37-,38-,39-,41-/m0/s1. The van der Waals surface area contributed by atoms with Gasteiger partial charge in [-0.3, -0.25) is 53.6 Å². The zero-order valence-electron chi connectivity index (χ0n) is 44.9. The number of unbranched alkanes of at least 4 members (excludes halogenated alkanes) is 1. The fourth-order valence-electron chi connectivity index (χ4n) is 7.70. The third-order valence-electron chi connectivity index (χ3n) is 11.5. The molecule has 74 heavy (non-hydrogen) atoms. The third-order valence-corrected chi connectivity index (χ3v) is 11.5. The van der Waals surface area contributed by atoms with Gasteiger partial charge in [0, 0.05) is 32.0 Å². The summed E-state index contributed by atoms with van der Waals surface area (Å²) >= 11 is 0. The Morgan fingerprint density at radius 3 is 1.38 bits per heavy atom. The van der Waals surface area contributed by atoms with Crippen molar-refractivity contribution in [1.82, 2.24) is 42.5 Å². The number of guanidine groups is 1. The van der Waals surface area contributed by atoms with Crippen molar-refractivity contribution in [2.45, 2.75) is 175 Å². The van der Waals surface area contributed by atoms with Crippen LogP contribution < -0.4 is 71.2 Å². The lowest BCUT2D eigenvalue weighted by Gasteiger charge is -2.29. The lowest BCUT2D eigenvalue weighted by Crippen LogP contribution is -2.60. The third kappa shape index (κ3) is 26.2. The molecule has 0 bridgehead atoms. The van der Waals surface area contributed by atoms with Crippen LogP contribution in [0.1, 0.15) is 138 Å². The maximum Gasteiger partial charge on any atom is 0.243 e. The number of aliphatic imine (C=N–C) groups is 1. The molecule has 0 spiro atoms. The molecule has 24 nitrogen and oxygen atoms in total. The largest absolute Gasteiger partial charge is 0.384 e. The maximum absolute atomic E-state index is 14.3. The monoisotopic (exact) mass is 1040 g/mol. The number of nitrogens with one attached hydrogen (secondary N) is 9. The first kappa shape index (κ1) is 65.2. The van der Waals surface area contributed by atoms with Crippen molar-refractivity contribution >= 4 is 65.0 Å². The summed E-state index contributed by atoms with van der Waals surface area (Å²) in [6.07, 6.45) is 1.31. The predicted molar refractivity (Wildman–Crippen MR) is 283 cm³/mol. The van der Waals surface area contributed by atoms with Crippen LogP contribution in [0.3, 0.4) is 0 Å². The second kappa shape index (κ2) is 33.8. The number of rotatable bonds is 35. The minimum Gasteiger partial charge on any atom is -0.384 e. The van der Waals surface area contributed by atoms with E-state index >= 15 is 0 Å². The van der Waals surface area contributed by atoms with Crippen LogP contribution in [0.4, 0.5) is 0 Å². The smallest absolute Gasteiger partial charge is 0.243 e. The van der Waals surface area contributed by atoms with E-state index in [1.165, 1.54) is 6.92 Å². The highest BCUT2D eigenvalue weighted by Gasteiger charge is 2.35. The highest BCUT2D eigenvalue weighted by molar-refractivity contribution is 5.98. The molecule has 7 atom stereocenters. The summed E-state index contributed by atoms with van der Waals surface area (Å²) in [5.74, 6) is -7.21. The zero-order chi connectivity index (χ0) is 56.2. The normalized spacial score (nSPS) is 14.0. The molecule has 0 aliphatic carbocycles. The summed E-state index contributed by atoms with van der Waals surface area (Å²) < 4.78 is 0. The highest BCUT2D eigenvalue weighted by Crippen LogP contribution is 2.14. The van der Waals surface area contributed by atoms with Gasteiger partial charge in [0.15, 0.2) is 5.96 Å². The van der Waals surface area contributed by atoms with E-state index in [1.54, 1.807) is 38.1 Å². The van der Waals surface area contributed by atoms with Crippen molar-refractivity contribution in [3.63, 3.8) is 0 Å². The molecule has 416 valence electrons. The first-order chi connectivity index (χ1) is 34.6. The van der Waals surface area contributed by atoms with Crippen LogP contribution >= 0.6 is 0 Å². The molecule has 0 unspecified atom stereocenters. The van der Waals surface area contributed by atoms with Crippen LogP contribution in [-0.2, 0) is 49.7 Å². The number of hydrogen-bond donors (Lipinski definition) is 14. The summed E-state index contributed by atoms with van der Waals surface area (Å²) in [7, 11) is 0. The van der Waals surface area contributed by atoms with Crippen molar-refractivity contribution in [3.8, 4) is 0 Å². The molecule has 0 aromatic heterocycles. The minimum atomic E-state index is -1.47. The van der Waals surface area contributed by atoms with Crippen LogP contribution in [0.25, 0.3) is 0 Å². The Labute approximate surface area is 436 Å². The molecule has 0 aliphatic rings. The molecule has 0 fully saturated rings. The number of carbonyl (C=O) groups is 9. The van der Waals surface area contributed by atoms with Gasteiger partial charge in [-0.15, -0.1) is 0 Å². The first-order valence-electron chi connectivity index (χ1n) is 25.5. The van der Waals surface area contributed by atoms with E-state index in [-0.39, 0.29) is 87.6 Å². The van der Waals surface area contributed by atoms with Crippen LogP contribution in [0.2, 0.25) is 0 Å². The van der Waals surface area contributed by atoms with Gasteiger partial charge in [0.25, 0.3) is 0 Å². The van der Waals surface area contributed by atoms with E-state index in [0.717, 1.165) is 5.56 Å². The van der Waals surface area contributed by atoms with E-state index in [0.29, 0.717) is 31.4 Å². The fourth-order valence-corrected chi connectivity index (χ4v) is 7.70. The lowest BCUT2D eigenvalue weighted by molar-refractivity contribution is -0.136. The quantitative estimate of drug-likeness (QED) is 0.0226. The summed E-state index contributed by atoms with van der Waals surface area (Å²) in [5.41, 5.74) is 29.1. The molecule has 0 radical (unpaired) electrons. The Morgan fingerprint density at radius 2 is 0.946 bits per heavy atom. The van der Waals surface area contributed by atoms with Gasteiger partial charge in [-0.25, -0.2) is 0 Å². The van der Waals surface area contributed by atoms with Crippen molar-refractivity contribution in [3.05, 3.63) is 35.4 Å². The average molecular weight is 1040 g/mol. The first-order valence-corrected chi connectivity index (χ1v) is 25.5. The lowest BCUT2D eigenvalue weighted by atomic mass is 9.98. The molecular weight excluding hydrogens is 955 g/mol. The second-order valence-electron chi connectivity index (χ2n) is 20.2. The van der Waals surface area contributed by atoms with Crippen LogP contribution in [-0.4, -0.2) is 120 Å². The van der Waals surface area contributed by atoms with Gasteiger partial charge in [-0.2, -0.15) is 0 Å². The molecule has 0 aliphatic heterocycles. The Balaban J connectivity index is 3.50. The van der Waals surface area contributed by atoms with Crippen molar-refractivity contribution in [2.75, 3.05) is 13.1 Å². The van der Waals surface area contributed by atoms with Gasteiger partial charge in [-0.05, 0) is 93.6 Å². The topological polar surface area (TPSA) is 416 Å². The second-order valence-corrected chi connectivity index (χ2v) is 20.2. The highest BCUT2D eigenvalue weighted by atomic mass is 16.2. The molecule has 9 amide bonds. The molecule has 0 heterocycles. The Bertz CT molecular complexity index is 2060. The molecule has 1 aromatic rings. The number of carbonyl (C=O) groups excluding carboxylic acids is 9. The molecule has 24 heteroatoms. The average Bonchev–Trinajstić information content (AvgIpc) is 3.30. The zero-order valence-corrected chi connectivity index (χ0v) is 44.9. The summed E-state index contributed by atoms with van der Waals surface area (Å²) in [6, 6.07) is -1.62. The van der Waals surface area contributed by atoms with E-state index in [2.05, 4.69) is 47.5 Å².